The quantitative estimate of drug-likeness (QED) is 0.473. The Balaban J connectivity index is 1.78. The molecular formula is C19H20N4O5S3. The zero-order chi connectivity index (χ0) is 22.3. The van der Waals surface area contributed by atoms with Crippen LogP contribution in [-0.2, 0) is 14.6 Å². The fourth-order valence-corrected chi connectivity index (χ4v) is 6.74. The summed E-state index contributed by atoms with van der Waals surface area (Å²) in [5, 5.41) is 12.1. The van der Waals surface area contributed by atoms with Gasteiger partial charge in [0.15, 0.2) is 9.84 Å². The summed E-state index contributed by atoms with van der Waals surface area (Å²) in [6, 6.07) is 3.07. The monoisotopic (exact) mass is 480 g/mol. The van der Waals surface area contributed by atoms with Crippen LogP contribution in [0.15, 0.2) is 28.0 Å². The number of fused-ring (bicyclic) bond motifs is 1. The molecule has 2 aromatic rings. The number of carbonyl (C=O) groups is 1. The summed E-state index contributed by atoms with van der Waals surface area (Å²) in [6.07, 6.45) is 3.37. The fraction of sp³-hybridized carbons (Fsp3) is 0.368. The van der Waals surface area contributed by atoms with Gasteiger partial charge in [0.05, 0.1) is 34.6 Å². The molecule has 1 amide bonds. The molecule has 12 heteroatoms. The van der Waals surface area contributed by atoms with Crippen molar-refractivity contribution in [2.75, 3.05) is 30.0 Å². The number of pyridine rings is 1. The van der Waals surface area contributed by atoms with Crippen LogP contribution in [0.5, 0.6) is 0 Å². The van der Waals surface area contributed by atoms with Crippen LogP contribution in [0, 0.1) is 6.92 Å². The number of hydrogen-bond acceptors (Lipinski definition) is 9. The number of aromatic nitrogens is 2. The maximum atomic E-state index is 13.2. The predicted molar refractivity (Wildman–Crippen MR) is 124 cm³/mol. The number of amides is 1. The van der Waals surface area contributed by atoms with E-state index in [9.17, 15) is 23.1 Å². The third kappa shape index (κ3) is 4.12. The third-order valence-corrected chi connectivity index (χ3v) is 8.24. The molecule has 1 unspecified atom stereocenters. The molecule has 2 aliphatic heterocycles. The zero-order valence-electron chi connectivity index (χ0n) is 16.6. The van der Waals surface area contributed by atoms with Gasteiger partial charge in [0.25, 0.3) is 11.5 Å². The minimum absolute atomic E-state index is 0.0261. The lowest BCUT2D eigenvalue weighted by atomic mass is 10.2. The summed E-state index contributed by atoms with van der Waals surface area (Å²) in [5.41, 5.74) is 1.06. The molecule has 2 fully saturated rings. The number of thioether (sulfide) groups is 1. The van der Waals surface area contributed by atoms with Gasteiger partial charge in [-0.25, -0.2) is 13.4 Å². The van der Waals surface area contributed by atoms with Crippen LogP contribution >= 0.6 is 24.0 Å². The average Bonchev–Trinajstić information content (AvgIpc) is 3.21. The van der Waals surface area contributed by atoms with Crippen LogP contribution in [0.2, 0.25) is 0 Å². The number of nitrogens with one attached hydrogen (secondary N) is 1. The minimum atomic E-state index is -3.19. The van der Waals surface area contributed by atoms with E-state index in [0.29, 0.717) is 12.1 Å². The highest BCUT2D eigenvalue weighted by atomic mass is 32.2. The Morgan fingerprint density at radius 3 is 2.87 bits per heavy atom. The summed E-state index contributed by atoms with van der Waals surface area (Å²) in [5.74, 6) is -0.255. The first-order chi connectivity index (χ1) is 14.7. The van der Waals surface area contributed by atoms with E-state index >= 15 is 0 Å². The van der Waals surface area contributed by atoms with Gasteiger partial charge < -0.3 is 10.4 Å². The van der Waals surface area contributed by atoms with E-state index in [4.69, 9.17) is 12.2 Å². The number of aliphatic hydroxyl groups is 1. The first-order valence-corrected chi connectivity index (χ1v) is 12.6. The zero-order valence-corrected chi connectivity index (χ0v) is 19.0. The summed E-state index contributed by atoms with van der Waals surface area (Å²) in [4.78, 5) is 32.3. The van der Waals surface area contributed by atoms with Crippen LogP contribution in [0.4, 0.5) is 5.82 Å². The summed E-state index contributed by atoms with van der Waals surface area (Å²) in [6.45, 7) is 1.85. The third-order valence-electron chi connectivity index (χ3n) is 5.16. The van der Waals surface area contributed by atoms with Gasteiger partial charge in [0, 0.05) is 12.7 Å². The molecule has 0 aromatic carbocycles. The molecule has 0 saturated carbocycles. The molecule has 0 bridgehead atoms. The van der Waals surface area contributed by atoms with Crippen molar-refractivity contribution < 1.29 is 18.3 Å². The Morgan fingerprint density at radius 2 is 2.19 bits per heavy atom. The Morgan fingerprint density at radius 1 is 1.42 bits per heavy atom. The lowest BCUT2D eigenvalue weighted by Gasteiger charge is -2.20. The van der Waals surface area contributed by atoms with Crippen molar-refractivity contribution in [3.63, 3.8) is 0 Å². The highest BCUT2D eigenvalue weighted by Crippen LogP contribution is 2.36. The molecule has 164 valence electrons. The molecule has 2 N–H and O–H groups in total. The van der Waals surface area contributed by atoms with E-state index in [2.05, 4.69) is 10.3 Å². The van der Waals surface area contributed by atoms with Gasteiger partial charge in [0.1, 0.15) is 15.8 Å². The molecule has 0 radical (unpaired) electrons. The van der Waals surface area contributed by atoms with Crippen molar-refractivity contribution in [2.45, 2.75) is 19.4 Å². The van der Waals surface area contributed by atoms with Crippen LogP contribution in [0.1, 0.15) is 17.5 Å². The second-order valence-electron chi connectivity index (χ2n) is 7.32. The van der Waals surface area contributed by atoms with Crippen molar-refractivity contribution in [1.82, 2.24) is 14.3 Å². The largest absolute Gasteiger partial charge is 0.395 e. The van der Waals surface area contributed by atoms with E-state index in [1.165, 1.54) is 15.4 Å². The molecule has 2 saturated heterocycles. The maximum Gasteiger partial charge on any atom is 0.267 e. The number of carbonyl (C=O) groups excluding carboxylic acids is 1. The lowest BCUT2D eigenvalue weighted by Crippen LogP contribution is -2.39. The number of thiocarbonyl (C=S) groups is 1. The van der Waals surface area contributed by atoms with Gasteiger partial charge in [-0.05, 0) is 31.1 Å². The average molecular weight is 481 g/mol. The summed E-state index contributed by atoms with van der Waals surface area (Å²) < 4.78 is 25.4. The van der Waals surface area contributed by atoms with Crippen molar-refractivity contribution in [3.05, 3.63) is 44.7 Å². The Bertz CT molecular complexity index is 1290. The van der Waals surface area contributed by atoms with Crippen LogP contribution in [0.3, 0.4) is 0 Å². The van der Waals surface area contributed by atoms with Gasteiger partial charge in [-0.15, -0.1) is 0 Å². The smallest absolute Gasteiger partial charge is 0.267 e. The first kappa shape index (κ1) is 21.9. The molecule has 2 aromatic heterocycles. The molecule has 4 heterocycles. The number of anilines is 1. The van der Waals surface area contributed by atoms with E-state index < -0.39 is 21.8 Å². The fourth-order valence-electron chi connectivity index (χ4n) is 3.66. The highest BCUT2D eigenvalue weighted by Gasteiger charge is 2.42. The normalized spacial score (nSPS) is 22.1. The molecule has 31 heavy (non-hydrogen) atoms. The van der Waals surface area contributed by atoms with Crippen LogP contribution in [0.25, 0.3) is 11.7 Å². The molecule has 2 aliphatic rings. The van der Waals surface area contributed by atoms with Crippen molar-refractivity contribution in [2.24, 2.45) is 0 Å². The molecule has 0 spiro atoms. The van der Waals surface area contributed by atoms with Crippen molar-refractivity contribution >= 4 is 61.6 Å². The predicted octanol–water partition coefficient (Wildman–Crippen LogP) is 0.795. The molecule has 0 aliphatic carbocycles. The number of nitrogens with zero attached hydrogens (tertiary/aromatic N) is 3. The van der Waals surface area contributed by atoms with Gasteiger partial charge >= 0.3 is 0 Å². The SMILES string of the molecule is Cc1cccn2c(=O)c(/C=C3/SC(=S)N(C4CCS(=O)(=O)C4)C3=O)c(NCCO)nc12. The van der Waals surface area contributed by atoms with Crippen molar-refractivity contribution in [3.8, 4) is 0 Å². The molecule has 1 atom stereocenters. The molecule has 4 rings (SSSR count). The van der Waals surface area contributed by atoms with Crippen LogP contribution in [-0.4, -0.2) is 68.7 Å². The van der Waals surface area contributed by atoms with Crippen LogP contribution < -0.4 is 10.9 Å². The Hall–Kier alpha value is -2.28. The van der Waals surface area contributed by atoms with Gasteiger partial charge in [-0.1, -0.05) is 30.0 Å². The summed E-state index contributed by atoms with van der Waals surface area (Å²) in [7, 11) is -3.19. The minimum Gasteiger partial charge on any atom is -0.395 e. The van der Waals surface area contributed by atoms with Gasteiger partial charge in [-0.3, -0.25) is 18.9 Å². The van der Waals surface area contributed by atoms with Crippen molar-refractivity contribution in [1.29, 1.82) is 0 Å². The van der Waals surface area contributed by atoms with Gasteiger partial charge in [-0.2, -0.15) is 0 Å². The second-order valence-corrected chi connectivity index (χ2v) is 11.2. The van der Waals surface area contributed by atoms with E-state index in [1.54, 1.807) is 12.3 Å². The van der Waals surface area contributed by atoms with E-state index in [0.717, 1.165) is 17.3 Å². The number of aliphatic hydroxyl groups excluding tert-OH is 1. The highest BCUT2D eigenvalue weighted by molar-refractivity contribution is 8.26. The topological polar surface area (TPSA) is 121 Å². The number of rotatable bonds is 5. The number of aryl methyl sites for hydroxylation is 1. The Labute approximate surface area is 188 Å². The first-order valence-electron chi connectivity index (χ1n) is 9.56. The Kier molecular flexibility index (Phi) is 5.90. The van der Waals surface area contributed by atoms with E-state index in [-0.39, 0.29) is 50.8 Å². The number of sulfone groups is 1. The van der Waals surface area contributed by atoms with Gasteiger partial charge in [0.2, 0.25) is 0 Å². The molecule has 9 nitrogen and oxygen atoms in total. The second kappa shape index (κ2) is 8.34. The summed E-state index contributed by atoms with van der Waals surface area (Å²) >= 11 is 6.37. The molecular weight excluding hydrogens is 460 g/mol. The lowest BCUT2D eigenvalue weighted by molar-refractivity contribution is -0.123. The standard InChI is InChI=1S/C19H20N4O5S3/c1-11-3-2-6-22-16(11)21-15(20-5-7-24)13(17(22)25)9-14-18(26)23(19(29)30-14)12-4-8-31(27,28)10-12/h2-3,6,9,12,20,24H,4-5,7-8,10H2,1H3/b14-9+. The number of hydrogen-bond donors (Lipinski definition) is 2. The maximum absolute atomic E-state index is 13.2. The van der Waals surface area contributed by atoms with E-state index in [1.807, 2.05) is 13.0 Å².